The van der Waals surface area contributed by atoms with Gasteiger partial charge in [0.25, 0.3) is 0 Å². The first-order chi connectivity index (χ1) is 9.11. The van der Waals surface area contributed by atoms with E-state index in [1.165, 1.54) is 11.1 Å². The first-order valence-corrected chi connectivity index (χ1v) is 6.92. The standard InChI is InChI=1S/C14H20BNO3/c1-8(2)10-4-5-11-14-13(10)12(6-16)19-15(14)18-9(3)7-17-11/h4-5,8-9,12H,6-7,16H2,1-3H3. The minimum absolute atomic E-state index is 0.0178. The predicted molar refractivity (Wildman–Crippen MR) is 74.8 cm³/mol. The highest BCUT2D eigenvalue weighted by Crippen LogP contribution is 2.35. The van der Waals surface area contributed by atoms with E-state index in [-0.39, 0.29) is 19.3 Å². The van der Waals surface area contributed by atoms with E-state index in [1.54, 1.807) is 0 Å². The van der Waals surface area contributed by atoms with E-state index >= 15 is 0 Å². The Labute approximate surface area is 114 Å². The quantitative estimate of drug-likeness (QED) is 0.816. The Morgan fingerprint density at radius 1 is 1.37 bits per heavy atom. The Morgan fingerprint density at radius 2 is 2.16 bits per heavy atom. The van der Waals surface area contributed by atoms with Crippen LogP contribution in [0.3, 0.4) is 0 Å². The molecule has 2 aliphatic heterocycles. The summed E-state index contributed by atoms with van der Waals surface area (Å²) < 4.78 is 17.7. The summed E-state index contributed by atoms with van der Waals surface area (Å²) in [4.78, 5) is 0. The molecule has 0 fully saturated rings. The molecule has 2 unspecified atom stereocenters. The van der Waals surface area contributed by atoms with Gasteiger partial charge < -0.3 is 19.8 Å². The van der Waals surface area contributed by atoms with Crippen LogP contribution in [0.5, 0.6) is 5.75 Å². The molecule has 0 aromatic heterocycles. The van der Waals surface area contributed by atoms with E-state index in [0.29, 0.717) is 19.1 Å². The van der Waals surface area contributed by atoms with Crippen LogP contribution < -0.4 is 15.9 Å². The SMILES string of the molecule is CC1COc2ccc(C(C)C)c3c2B(O1)OC3CN. The summed E-state index contributed by atoms with van der Waals surface area (Å²) in [7, 11) is -0.338. The maximum atomic E-state index is 5.98. The second kappa shape index (κ2) is 4.82. The fraction of sp³-hybridized carbons (Fsp3) is 0.571. The lowest BCUT2D eigenvalue weighted by molar-refractivity contribution is 0.101. The average molecular weight is 261 g/mol. The molecule has 2 heterocycles. The Balaban J connectivity index is 2.16. The molecule has 0 saturated heterocycles. The maximum absolute atomic E-state index is 5.98. The van der Waals surface area contributed by atoms with Gasteiger partial charge in [-0.2, -0.15) is 0 Å². The average Bonchev–Trinajstić information content (AvgIpc) is 2.66. The van der Waals surface area contributed by atoms with Gasteiger partial charge >= 0.3 is 7.12 Å². The highest BCUT2D eigenvalue weighted by Gasteiger charge is 2.43. The van der Waals surface area contributed by atoms with Crippen molar-refractivity contribution in [1.29, 1.82) is 0 Å². The molecule has 0 saturated carbocycles. The van der Waals surface area contributed by atoms with E-state index in [2.05, 4.69) is 19.9 Å². The van der Waals surface area contributed by atoms with E-state index in [1.807, 2.05) is 13.0 Å². The summed E-state index contributed by atoms with van der Waals surface area (Å²) in [6.07, 6.45) is -0.0736. The zero-order valence-electron chi connectivity index (χ0n) is 11.7. The summed E-state index contributed by atoms with van der Waals surface area (Å²) in [5.74, 6) is 1.31. The minimum Gasteiger partial charge on any atom is -0.491 e. The first-order valence-electron chi connectivity index (χ1n) is 6.92. The van der Waals surface area contributed by atoms with E-state index in [4.69, 9.17) is 19.8 Å². The number of benzene rings is 1. The van der Waals surface area contributed by atoms with Crippen LogP contribution in [0, 0.1) is 0 Å². The molecule has 3 rings (SSSR count). The fourth-order valence-corrected chi connectivity index (χ4v) is 2.88. The molecule has 0 bridgehead atoms. The topological polar surface area (TPSA) is 53.7 Å². The number of rotatable bonds is 2. The van der Waals surface area contributed by atoms with Gasteiger partial charge in [0, 0.05) is 12.0 Å². The smallest absolute Gasteiger partial charge is 0.491 e. The third-order valence-electron chi connectivity index (χ3n) is 3.79. The maximum Gasteiger partial charge on any atom is 0.498 e. The summed E-state index contributed by atoms with van der Waals surface area (Å²) in [5.41, 5.74) is 9.36. The third kappa shape index (κ3) is 2.06. The third-order valence-corrected chi connectivity index (χ3v) is 3.79. The molecular weight excluding hydrogens is 241 g/mol. The summed E-state index contributed by atoms with van der Waals surface area (Å²) in [6.45, 7) is 7.37. The first kappa shape index (κ1) is 13.0. The zero-order valence-corrected chi connectivity index (χ0v) is 11.7. The lowest BCUT2D eigenvalue weighted by Gasteiger charge is -2.19. The highest BCUT2D eigenvalue weighted by molar-refractivity contribution is 6.64. The van der Waals surface area contributed by atoms with Gasteiger partial charge in [-0.05, 0) is 30.0 Å². The van der Waals surface area contributed by atoms with Gasteiger partial charge in [0.1, 0.15) is 12.4 Å². The molecule has 0 radical (unpaired) electrons. The lowest BCUT2D eigenvalue weighted by atomic mass is 9.75. The minimum atomic E-state index is -0.338. The Kier molecular flexibility index (Phi) is 3.29. The fourth-order valence-electron chi connectivity index (χ4n) is 2.88. The Morgan fingerprint density at radius 3 is 2.84 bits per heavy atom. The summed E-state index contributed by atoms with van der Waals surface area (Å²) >= 11 is 0. The van der Waals surface area contributed by atoms with Crippen molar-refractivity contribution in [3.63, 3.8) is 0 Å². The number of hydrogen-bond acceptors (Lipinski definition) is 4. The molecule has 0 spiro atoms. The monoisotopic (exact) mass is 261 g/mol. The van der Waals surface area contributed by atoms with Crippen molar-refractivity contribution in [2.24, 2.45) is 5.73 Å². The van der Waals surface area contributed by atoms with Gasteiger partial charge in [-0.1, -0.05) is 19.9 Å². The Bertz CT molecular complexity index is 492. The van der Waals surface area contributed by atoms with Crippen LogP contribution in [-0.2, 0) is 9.31 Å². The molecule has 0 amide bonds. The van der Waals surface area contributed by atoms with Crippen molar-refractivity contribution < 1.29 is 14.0 Å². The van der Waals surface area contributed by atoms with Gasteiger partial charge in [-0.15, -0.1) is 0 Å². The molecule has 2 aliphatic rings. The second-order valence-corrected chi connectivity index (χ2v) is 5.59. The van der Waals surface area contributed by atoms with Gasteiger partial charge in [0.05, 0.1) is 12.2 Å². The molecule has 0 aliphatic carbocycles. The lowest BCUT2D eigenvalue weighted by Crippen LogP contribution is -2.34. The molecule has 102 valence electrons. The number of hydrogen-bond donors (Lipinski definition) is 1. The van der Waals surface area contributed by atoms with Crippen molar-refractivity contribution >= 4 is 12.6 Å². The summed E-state index contributed by atoms with van der Waals surface area (Å²) in [5, 5.41) is 0. The molecular formula is C14H20BNO3. The van der Waals surface area contributed by atoms with E-state index in [9.17, 15) is 0 Å². The highest BCUT2D eigenvalue weighted by atomic mass is 16.6. The van der Waals surface area contributed by atoms with Crippen LogP contribution in [0.1, 0.15) is 43.9 Å². The van der Waals surface area contributed by atoms with Crippen molar-refractivity contribution in [2.45, 2.75) is 38.9 Å². The van der Waals surface area contributed by atoms with E-state index in [0.717, 1.165) is 11.2 Å². The number of ether oxygens (including phenoxy) is 1. The van der Waals surface area contributed by atoms with E-state index < -0.39 is 0 Å². The van der Waals surface area contributed by atoms with Gasteiger partial charge in [-0.3, -0.25) is 0 Å². The van der Waals surface area contributed by atoms with Gasteiger partial charge in [0.15, 0.2) is 0 Å². The predicted octanol–water partition coefficient (Wildman–Crippen LogP) is 1.33. The molecule has 4 nitrogen and oxygen atoms in total. The second-order valence-electron chi connectivity index (χ2n) is 5.59. The van der Waals surface area contributed by atoms with Crippen LogP contribution in [0.15, 0.2) is 12.1 Å². The zero-order chi connectivity index (χ0) is 13.6. The van der Waals surface area contributed by atoms with Crippen molar-refractivity contribution in [3.8, 4) is 5.75 Å². The van der Waals surface area contributed by atoms with Crippen LogP contribution in [0.2, 0.25) is 0 Å². The van der Waals surface area contributed by atoms with Crippen LogP contribution >= 0.6 is 0 Å². The molecule has 2 N–H and O–H groups in total. The summed E-state index contributed by atoms with van der Waals surface area (Å²) in [6, 6.07) is 4.16. The van der Waals surface area contributed by atoms with Crippen LogP contribution in [-0.4, -0.2) is 26.4 Å². The van der Waals surface area contributed by atoms with Crippen LogP contribution in [0.4, 0.5) is 0 Å². The molecule has 1 aromatic carbocycles. The van der Waals surface area contributed by atoms with Crippen molar-refractivity contribution in [2.75, 3.05) is 13.2 Å². The van der Waals surface area contributed by atoms with Crippen molar-refractivity contribution in [1.82, 2.24) is 0 Å². The molecule has 1 aromatic rings. The normalized spacial score (nSPS) is 25.2. The molecule has 5 heteroatoms. The molecule has 19 heavy (non-hydrogen) atoms. The van der Waals surface area contributed by atoms with Gasteiger partial charge in [-0.25, -0.2) is 0 Å². The Hall–Kier alpha value is -1.04. The van der Waals surface area contributed by atoms with Crippen molar-refractivity contribution in [3.05, 3.63) is 23.3 Å². The largest absolute Gasteiger partial charge is 0.498 e. The number of nitrogens with two attached hydrogens (primary N) is 1. The molecule has 2 atom stereocenters. The van der Waals surface area contributed by atoms with Crippen LogP contribution in [0.25, 0.3) is 0 Å². The van der Waals surface area contributed by atoms with Gasteiger partial charge in [0.2, 0.25) is 0 Å².